The fourth-order valence-corrected chi connectivity index (χ4v) is 2.35. The highest BCUT2D eigenvalue weighted by atomic mass is 16.5. The van der Waals surface area contributed by atoms with Crippen molar-refractivity contribution in [1.82, 2.24) is 4.98 Å². The monoisotopic (exact) mass is 273 g/mol. The fraction of sp³-hybridized carbons (Fsp3) is 0.438. The van der Waals surface area contributed by atoms with Crippen LogP contribution in [-0.4, -0.2) is 31.3 Å². The molecule has 2 aromatic rings. The highest BCUT2D eigenvalue weighted by Crippen LogP contribution is 2.24. The van der Waals surface area contributed by atoms with Crippen LogP contribution in [-0.2, 0) is 11.3 Å². The zero-order valence-electron chi connectivity index (χ0n) is 12.5. The van der Waals surface area contributed by atoms with E-state index >= 15 is 0 Å². The summed E-state index contributed by atoms with van der Waals surface area (Å²) in [6.45, 7) is 6.30. The number of methoxy groups -OCH3 is 1. The molecule has 0 amide bonds. The average Bonchev–Trinajstić information content (AvgIpc) is 2.46. The number of nitrogens with two attached hydrogens (primary N) is 1. The number of anilines is 1. The molecule has 0 aliphatic rings. The van der Waals surface area contributed by atoms with Crippen LogP contribution in [0.15, 0.2) is 30.3 Å². The van der Waals surface area contributed by atoms with Crippen LogP contribution in [0.5, 0.6) is 0 Å². The molecule has 2 N–H and O–H groups in total. The number of hydrogen-bond acceptors (Lipinski definition) is 4. The summed E-state index contributed by atoms with van der Waals surface area (Å²) in [5, 5.41) is 1.13. The highest BCUT2D eigenvalue weighted by molar-refractivity contribution is 5.81. The summed E-state index contributed by atoms with van der Waals surface area (Å²) in [6, 6.07) is 10.6. The van der Waals surface area contributed by atoms with Gasteiger partial charge in [-0.15, -0.1) is 0 Å². The van der Waals surface area contributed by atoms with Crippen LogP contribution in [0.3, 0.4) is 0 Å². The Morgan fingerprint density at radius 3 is 2.70 bits per heavy atom. The molecule has 0 aliphatic heterocycles. The minimum Gasteiger partial charge on any atom is -0.383 e. The fourth-order valence-electron chi connectivity index (χ4n) is 2.35. The van der Waals surface area contributed by atoms with Crippen molar-refractivity contribution in [3.8, 4) is 0 Å². The summed E-state index contributed by atoms with van der Waals surface area (Å²) >= 11 is 0. The van der Waals surface area contributed by atoms with Crippen LogP contribution in [0.4, 0.5) is 5.82 Å². The topological polar surface area (TPSA) is 51.4 Å². The molecular weight excluding hydrogens is 250 g/mol. The standard InChI is InChI=1S/C16H23N3O/c1-12(2)19(8-9-20-3)16-14(11-17)10-13-6-4-5-7-15(13)18-16/h4-7,10,12H,8-9,11,17H2,1-3H3. The molecule has 4 nitrogen and oxygen atoms in total. The van der Waals surface area contributed by atoms with Crippen LogP contribution in [0, 0.1) is 0 Å². The van der Waals surface area contributed by atoms with Crippen molar-refractivity contribution in [2.75, 3.05) is 25.2 Å². The first-order valence-corrected chi connectivity index (χ1v) is 7.01. The predicted molar refractivity (Wildman–Crippen MR) is 84.0 cm³/mol. The number of pyridine rings is 1. The van der Waals surface area contributed by atoms with E-state index in [4.69, 9.17) is 15.5 Å². The van der Waals surface area contributed by atoms with E-state index in [-0.39, 0.29) is 0 Å². The minimum atomic E-state index is 0.351. The van der Waals surface area contributed by atoms with Gasteiger partial charge in [-0.2, -0.15) is 0 Å². The number of fused-ring (bicyclic) bond motifs is 1. The van der Waals surface area contributed by atoms with Gasteiger partial charge < -0.3 is 15.4 Å². The lowest BCUT2D eigenvalue weighted by Gasteiger charge is -2.29. The minimum absolute atomic E-state index is 0.351. The first kappa shape index (κ1) is 14.8. The molecule has 0 unspecified atom stereocenters. The number of rotatable bonds is 6. The Bertz CT molecular complexity index is 569. The first-order valence-electron chi connectivity index (χ1n) is 7.01. The van der Waals surface area contributed by atoms with E-state index in [1.54, 1.807) is 7.11 Å². The van der Waals surface area contributed by atoms with Gasteiger partial charge in [-0.25, -0.2) is 4.98 Å². The van der Waals surface area contributed by atoms with E-state index in [1.807, 2.05) is 18.2 Å². The van der Waals surface area contributed by atoms with E-state index in [2.05, 4.69) is 30.9 Å². The molecular formula is C16H23N3O. The second kappa shape index (κ2) is 6.68. The Morgan fingerprint density at radius 2 is 2.05 bits per heavy atom. The van der Waals surface area contributed by atoms with E-state index in [9.17, 15) is 0 Å². The molecule has 1 heterocycles. The van der Waals surface area contributed by atoms with Crippen LogP contribution in [0.1, 0.15) is 19.4 Å². The molecule has 1 aromatic carbocycles. The van der Waals surface area contributed by atoms with Crippen molar-refractivity contribution < 1.29 is 4.74 Å². The summed E-state index contributed by atoms with van der Waals surface area (Å²) in [5.41, 5.74) is 7.99. The lowest BCUT2D eigenvalue weighted by atomic mass is 10.1. The molecule has 0 saturated carbocycles. The zero-order valence-corrected chi connectivity index (χ0v) is 12.5. The SMILES string of the molecule is COCCN(c1nc2ccccc2cc1CN)C(C)C. The highest BCUT2D eigenvalue weighted by Gasteiger charge is 2.16. The van der Waals surface area contributed by atoms with E-state index in [1.165, 1.54) is 0 Å². The van der Waals surface area contributed by atoms with Crippen molar-refractivity contribution in [3.05, 3.63) is 35.9 Å². The van der Waals surface area contributed by atoms with Crippen LogP contribution >= 0.6 is 0 Å². The lowest BCUT2D eigenvalue weighted by Crippen LogP contribution is -2.35. The third-order valence-corrected chi connectivity index (χ3v) is 3.43. The maximum Gasteiger partial charge on any atom is 0.134 e. The third-order valence-electron chi connectivity index (χ3n) is 3.43. The molecule has 0 aliphatic carbocycles. The van der Waals surface area contributed by atoms with Gasteiger partial charge in [0.05, 0.1) is 12.1 Å². The molecule has 0 spiro atoms. The molecule has 108 valence electrons. The predicted octanol–water partition coefficient (Wildman–Crippen LogP) is 2.55. The average molecular weight is 273 g/mol. The summed E-state index contributed by atoms with van der Waals surface area (Å²) < 4.78 is 5.20. The molecule has 0 saturated heterocycles. The number of hydrogen-bond donors (Lipinski definition) is 1. The molecule has 2 rings (SSSR count). The van der Waals surface area contributed by atoms with Crippen molar-refractivity contribution in [2.24, 2.45) is 5.73 Å². The van der Waals surface area contributed by atoms with Gasteiger partial charge in [-0.05, 0) is 26.0 Å². The van der Waals surface area contributed by atoms with Gasteiger partial charge in [0.2, 0.25) is 0 Å². The Hall–Kier alpha value is -1.65. The van der Waals surface area contributed by atoms with Crippen molar-refractivity contribution in [2.45, 2.75) is 26.4 Å². The van der Waals surface area contributed by atoms with Crippen LogP contribution in [0.25, 0.3) is 10.9 Å². The van der Waals surface area contributed by atoms with Gasteiger partial charge in [-0.3, -0.25) is 0 Å². The second-order valence-corrected chi connectivity index (χ2v) is 5.15. The summed E-state index contributed by atoms with van der Waals surface area (Å²) in [6.07, 6.45) is 0. The van der Waals surface area contributed by atoms with Gasteiger partial charge >= 0.3 is 0 Å². The summed E-state index contributed by atoms with van der Waals surface area (Å²) in [4.78, 5) is 7.06. The van der Waals surface area contributed by atoms with Gasteiger partial charge in [-0.1, -0.05) is 18.2 Å². The third kappa shape index (κ3) is 3.08. The first-order chi connectivity index (χ1) is 9.67. The molecule has 4 heteroatoms. The molecule has 20 heavy (non-hydrogen) atoms. The Morgan fingerprint density at radius 1 is 1.30 bits per heavy atom. The van der Waals surface area contributed by atoms with Crippen molar-refractivity contribution in [3.63, 3.8) is 0 Å². The van der Waals surface area contributed by atoms with Crippen molar-refractivity contribution in [1.29, 1.82) is 0 Å². The van der Waals surface area contributed by atoms with E-state index in [0.717, 1.165) is 28.8 Å². The quantitative estimate of drug-likeness (QED) is 0.879. The van der Waals surface area contributed by atoms with Crippen molar-refractivity contribution >= 4 is 16.7 Å². The smallest absolute Gasteiger partial charge is 0.134 e. The number of para-hydroxylation sites is 1. The van der Waals surface area contributed by atoms with Gasteiger partial charge in [0.25, 0.3) is 0 Å². The largest absolute Gasteiger partial charge is 0.383 e. The maximum atomic E-state index is 5.91. The summed E-state index contributed by atoms with van der Waals surface area (Å²) in [7, 11) is 1.72. The molecule has 0 fully saturated rings. The number of benzene rings is 1. The molecule has 0 bridgehead atoms. The Kier molecular flexibility index (Phi) is 4.93. The Balaban J connectivity index is 2.48. The molecule has 0 atom stereocenters. The Labute approximate surface area is 120 Å². The van der Waals surface area contributed by atoms with Gasteiger partial charge in [0.1, 0.15) is 5.82 Å². The molecule has 0 radical (unpaired) electrons. The van der Waals surface area contributed by atoms with Crippen LogP contribution in [0.2, 0.25) is 0 Å². The van der Waals surface area contributed by atoms with E-state index in [0.29, 0.717) is 19.2 Å². The normalized spacial score (nSPS) is 11.2. The van der Waals surface area contributed by atoms with Crippen LogP contribution < -0.4 is 10.6 Å². The second-order valence-electron chi connectivity index (χ2n) is 5.15. The zero-order chi connectivity index (χ0) is 14.5. The van der Waals surface area contributed by atoms with Gasteiger partial charge in [0.15, 0.2) is 0 Å². The number of ether oxygens (including phenoxy) is 1. The van der Waals surface area contributed by atoms with E-state index < -0.39 is 0 Å². The lowest BCUT2D eigenvalue weighted by molar-refractivity contribution is 0.203. The number of aromatic nitrogens is 1. The number of nitrogens with zero attached hydrogens (tertiary/aromatic N) is 2. The molecule has 1 aromatic heterocycles. The maximum absolute atomic E-state index is 5.91. The van der Waals surface area contributed by atoms with Gasteiger partial charge in [0, 0.05) is 37.2 Å². The summed E-state index contributed by atoms with van der Waals surface area (Å²) in [5.74, 6) is 0.971.